The first kappa shape index (κ1) is 14.0. The molecule has 0 heterocycles. The van der Waals surface area contributed by atoms with Crippen molar-refractivity contribution >= 4 is 5.69 Å². The van der Waals surface area contributed by atoms with Gasteiger partial charge in [0.1, 0.15) is 0 Å². The van der Waals surface area contributed by atoms with E-state index in [-0.39, 0.29) is 12.1 Å². The van der Waals surface area contributed by atoms with E-state index < -0.39 is 0 Å². The number of para-hydroxylation sites is 1. The first-order valence-corrected chi connectivity index (χ1v) is 6.05. The summed E-state index contributed by atoms with van der Waals surface area (Å²) in [5.41, 5.74) is 2.45. The number of hydrogen-bond donors (Lipinski definition) is 1. The van der Waals surface area contributed by atoms with Gasteiger partial charge in [-0.25, -0.2) is 0 Å². The molecule has 2 unspecified atom stereocenters. The van der Waals surface area contributed by atoms with Crippen LogP contribution in [0.4, 0.5) is 5.69 Å². The van der Waals surface area contributed by atoms with E-state index in [9.17, 15) is 0 Å². The van der Waals surface area contributed by atoms with Crippen molar-refractivity contribution in [2.75, 3.05) is 26.1 Å². The molecular weight excluding hydrogens is 214 g/mol. The first-order valence-electron chi connectivity index (χ1n) is 6.05. The molecule has 0 saturated heterocycles. The van der Waals surface area contributed by atoms with Gasteiger partial charge in [-0.1, -0.05) is 18.2 Å². The monoisotopic (exact) mass is 237 g/mol. The lowest BCUT2D eigenvalue weighted by Crippen LogP contribution is -2.30. The Morgan fingerprint density at radius 3 is 2.53 bits per heavy atom. The molecule has 1 rings (SSSR count). The minimum Gasteiger partial charge on any atom is -0.384 e. The van der Waals surface area contributed by atoms with Crippen LogP contribution in [0.15, 0.2) is 24.3 Å². The number of hydrogen-bond acceptors (Lipinski definition) is 3. The third kappa shape index (κ3) is 4.36. The molecule has 96 valence electrons. The maximum Gasteiger partial charge on any atom is 0.0741 e. The summed E-state index contributed by atoms with van der Waals surface area (Å²) in [4.78, 5) is 0. The molecular formula is C14H23NO2. The molecule has 1 N–H and O–H groups in total. The van der Waals surface area contributed by atoms with Crippen molar-refractivity contribution in [2.45, 2.75) is 32.4 Å². The van der Waals surface area contributed by atoms with Crippen molar-refractivity contribution in [1.82, 2.24) is 0 Å². The van der Waals surface area contributed by atoms with Crippen molar-refractivity contribution in [3.63, 3.8) is 0 Å². The van der Waals surface area contributed by atoms with Crippen molar-refractivity contribution < 1.29 is 9.47 Å². The highest BCUT2D eigenvalue weighted by atomic mass is 16.5. The minimum atomic E-state index is 0.186. The molecule has 3 nitrogen and oxygen atoms in total. The average Bonchev–Trinajstić information content (AvgIpc) is 2.36. The zero-order valence-corrected chi connectivity index (χ0v) is 11.2. The summed E-state index contributed by atoms with van der Waals surface area (Å²) in [5.74, 6) is 0. The van der Waals surface area contributed by atoms with Crippen LogP contribution in [0.2, 0.25) is 0 Å². The number of anilines is 1. The molecule has 0 saturated carbocycles. The molecule has 2 atom stereocenters. The normalized spacial score (nSPS) is 14.4. The zero-order chi connectivity index (χ0) is 12.7. The second-order valence-electron chi connectivity index (χ2n) is 4.27. The third-order valence-corrected chi connectivity index (χ3v) is 3.05. The summed E-state index contributed by atoms with van der Waals surface area (Å²) in [5, 5.41) is 3.49. The molecule has 0 aliphatic carbocycles. The molecule has 0 aliphatic rings. The van der Waals surface area contributed by atoms with E-state index in [1.54, 1.807) is 14.2 Å². The van der Waals surface area contributed by atoms with Gasteiger partial charge in [-0.2, -0.15) is 0 Å². The molecule has 0 fully saturated rings. The van der Waals surface area contributed by atoms with Crippen LogP contribution in [0.1, 0.15) is 19.4 Å². The van der Waals surface area contributed by atoms with E-state index >= 15 is 0 Å². The Labute approximate surface area is 104 Å². The second-order valence-corrected chi connectivity index (χ2v) is 4.27. The Kier molecular flexibility index (Phi) is 6.01. The summed E-state index contributed by atoms with van der Waals surface area (Å²) in [7, 11) is 3.46. The Bertz CT molecular complexity index is 328. The van der Waals surface area contributed by atoms with Gasteiger partial charge in [0.05, 0.1) is 12.7 Å². The second kappa shape index (κ2) is 7.30. The summed E-state index contributed by atoms with van der Waals surface area (Å²) in [6.07, 6.45) is 1.11. The maximum atomic E-state index is 5.32. The molecule has 0 amide bonds. The highest BCUT2D eigenvalue weighted by molar-refractivity contribution is 5.51. The fourth-order valence-corrected chi connectivity index (χ4v) is 1.66. The van der Waals surface area contributed by atoms with Gasteiger partial charge in [-0.05, 0) is 31.9 Å². The van der Waals surface area contributed by atoms with Gasteiger partial charge in [0.15, 0.2) is 0 Å². The van der Waals surface area contributed by atoms with E-state index in [4.69, 9.17) is 9.47 Å². The molecule has 0 aromatic heterocycles. The van der Waals surface area contributed by atoms with Crippen molar-refractivity contribution in [3.8, 4) is 0 Å². The van der Waals surface area contributed by atoms with Gasteiger partial charge in [-0.3, -0.25) is 0 Å². The maximum absolute atomic E-state index is 5.32. The standard InChI is InChI=1S/C14H23NO2/c1-11(12(2)17-4)15-14-8-6-5-7-13(14)9-10-16-3/h5-8,11-12,15H,9-10H2,1-4H3. The van der Waals surface area contributed by atoms with Crippen LogP contribution < -0.4 is 5.32 Å². The van der Waals surface area contributed by atoms with E-state index in [2.05, 4.69) is 37.4 Å². The van der Waals surface area contributed by atoms with Gasteiger partial charge in [-0.15, -0.1) is 0 Å². The van der Waals surface area contributed by atoms with Crippen molar-refractivity contribution in [1.29, 1.82) is 0 Å². The number of ether oxygens (including phenoxy) is 2. The molecule has 3 heteroatoms. The Balaban J connectivity index is 2.68. The molecule has 0 aliphatic heterocycles. The van der Waals surface area contributed by atoms with Crippen LogP contribution in [0.3, 0.4) is 0 Å². The predicted octanol–water partition coefficient (Wildman–Crippen LogP) is 2.71. The number of methoxy groups -OCH3 is 2. The average molecular weight is 237 g/mol. The number of benzene rings is 1. The molecule has 0 radical (unpaired) electrons. The van der Waals surface area contributed by atoms with Crippen LogP contribution in [0.25, 0.3) is 0 Å². The molecule has 1 aromatic rings. The summed E-state index contributed by atoms with van der Waals surface area (Å²) in [6, 6.07) is 8.61. The van der Waals surface area contributed by atoms with Gasteiger partial charge in [0.2, 0.25) is 0 Å². The van der Waals surface area contributed by atoms with Crippen LogP contribution >= 0.6 is 0 Å². The number of rotatable bonds is 7. The lowest BCUT2D eigenvalue weighted by Gasteiger charge is -2.22. The quantitative estimate of drug-likeness (QED) is 0.791. The largest absolute Gasteiger partial charge is 0.384 e. The SMILES string of the molecule is COCCc1ccccc1NC(C)C(C)OC. The molecule has 0 spiro atoms. The minimum absolute atomic E-state index is 0.186. The predicted molar refractivity (Wildman–Crippen MR) is 71.6 cm³/mol. The fourth-order valence-electron chi connectivity index (χ4n) is 1.66. The summed E-state index contributed by atoms with van der Waals surface area (Å²) < 4.78 is 10.4. The number of nitrogens with one attached hydrogen (secondary N) is 1. The van der Waals surface area contributed by atoms with E-state index in [0.717, 1.165) is 13.0 Å². The van der Waals surface area contributed by atoms with Crippen LogP contribution in [-0.2, 0) is 15.9 Å². The Hall–Kier alpha value is -1.06. The van der Waals surface area contributed by atoms with Gasteiger partial charge < -0.3 is 14.8 Å². The smallest absolute Gasteiger partial charge is 0.0741 e. The van der Waals surface area contributed by atoms with Crippen molar-refractivity contribution in [2.24, 2.45) is 0 Å². The third-order valence-electron chi connectivity index (χ3n) is 3.05. The lowest BCUT2D eigenvalue weighted by molar-refractivity contribution is 0.106. The van der Waals surface area contributed by atoms with Gasteiger partial charge >= 0.3 is 0 Å². The van der Waals surface area contributed by atoms with Crippen LogP contribution in [0.5, 0.6) is 0 Å². The van der Waals surface area contributed by atoms with Crippen LogP contribution in [-0.4, -0.2) is 33.0 Å². The first-order chi connectivity index (χ1) is 8.19. The van der Waals surface area contributed by atoms with E-state index in [0.29, 0.717) is 0 Å². The van der Waals surface area contributed by atoms with Gasteiger partial charge in [0.25, 0.3) is 0 Å². The molecule has 0 bridgehead atoms. The highest BCUT2D eigenvalue weighted by Crippen LogP contribution is 2.18. The van der Waals surface area contributed by atoms with Gasteiger partial charge in [0, 0.05) is 25.9 Å². The molecule has 1 aromatic carbocycles. The van der Waals surface area contributed by atoms with E-state index in [1.165, 1.54) is 11.3 Å². The van der Waals surface area contributed by atoms with Crippen molar-refractivity contribution in [3.05, 3.63) is 29.8 Å². The Morgan fingerprint density at radius 1 is 1.18 bits per heavy atom. The lowest BCUT2D eigenvalue weighted by atomic mass is 10.1. The zero-order valence-electron chi connectivity index (χ0n) is 11.2. The van der Waals surface area contributed by atoms with Crippen LogP contribution in [0, 0.1) is 0 Å². The Morgan fingerprint density at radius 2 is 1.88 bits per heavy atom. The fraction of sp³-hybridized carbons (Fsp3) is 0.571. The summed E-state index contributed by atoms with van der Waals surface area (Å²) in [6.45, 7) is 4.93. The molecule has 17 heavy (non-hydrogen) atoms. The summed E-state index contributed by atoms with van der Waals surface area (Å²) >= 11 is 0. The topological polar surface area (TPSA) is 30.5 Å². The highest BCUT2D eigenvalue weighted by Gasteiger charge is 2.12. The van der Waals surface area contributed by atoms with E-state index in [1.807, 2.05) is 6.07 Å².